The summed E-state index contributed by atoms with van der Waals surface area (Å²) < 4.78 is 30.2. The van der Waals surface area contributed by atoms with Gasteiger partial charge in [-0.15, -0.1) is 0 Å². The smallest absolute Gasteiger partial charge is 0.421 e. The minimum atomic E-state index is -3.88. The molecule has 0 aliphatic carbocycles. The summed E-state index contributed by atoms with van der Waals surface area (Å²) in [6.45, 7) is 0.0552. The molecule has 0 bridgehead atoms. The number of nitrogens with one attached hydrogen (secondary N) is 1. The van der Waals surface area contributed by atoms with E-state index < -0.39 is 22.3 Å². The lowest BCUT2D eigenvalue weighted by Gasteiger charge is -2.21. The van der Waals surface area contributed by atoms with Crippen LogP contribution >= 0.6 is 0 Å². The van der Waals surface area contributed by atoms with E-state index in [2.05, 4.69) is 4.74 Å². The zero-order valence-corrected chi connectivity index (χ0v) is 9.16. The lowest BCUT2D eigenvalue weighted by Crippen LogP contribution is -2.46. The second kappa shape index (κ2) is 4.77. The molecule has 1 heterocycles. The molecule has 0 aromatic heterocycles. The zero-order chi connectivity index (χ0) is 11.5. The minimum absolute atomic E-state index is 0.248. The Kier molecular flexibility index (Phi) is 3.89. The van der Waals surface area contributed by atoms with Crippen LogP contribution in [0.2, 0.25) is 0 Å². The highest BCUT2D eigenvalue weighted by molar-refractivity contribution is 7.87. The van der Waals surface area contributed by atoms with Crippen LogP contribution in [0.3, 0.4) is 0 Å². The highest BCUT2D eigenvalue weighted by atomic mass is 32.2. The lowest BCUT2D eigenvalue weighted by molar-refractivity contribution is 0.175. The molecule has 0 spiro atoms. The molecule has 88 valence electrons. The van der Waals surface area contributed by atoms with E-state index in [1.807, 2.05) is 0 Å². The molecule has 0 saturated carbocycles. The van der Waals surface area contributed by atoms with Crippen LogP contribution in [0.25, 0.3) is 0 Å². The zero-order valence-electron chi connectivity index (χ0n) is 8.34. The van der Waals surface area contributed by atoms with E-state index in [9.17, 15) is 13.2 Å². The van der Waals surface area contributed by atoms with Gasteiger partial charge < -0.3 is 9.84 Å². The molecule has 1 saturated heterocycles. The highest BCUT2D eigenvalue weighted by Gasteiger charge is 2.34. The van der Waals surface area contributed by atoms with Gasteiger partial charge in [0.1, 0.15) is 0 Å². The van der Waals surface area contributed by atoms with Crippen molar-refractivity contribution in [2.45, 2.75) is 18.9 Å². The number of amides is 1. The summed E-state index contributed by atoms with van der Waals surface area (Å²) in [5, 5.41) is 8.94. The van der Waals surface area contributed by atoms with Crippen molar-refractivity contribution in [2.24, 2.45) is 0 Å². The number of aliphatic hydroxyl groups is 1. The van der Waals surface area contributed by atoms with Gasteiger partial charge in [-0.25, -0.2) is 9.52 Å². The molecule has 0 aromatic rings. The maximum absolute atomic E-state index is 11.6. The van der Waals surface area contributed by atoms with Gasteiger partial charge in [0.15, 0.2) is 0 Å². The van der Waals surface area contributed by atoms with Gasteiger partial charge in [-0.2, -0.15) is 12.7 Å². The summed E-state index contributed by atoms with van der Waals surface area (Å²) in [6, 6.07) is -0.452. The number of aliphatic hydroxyl groups excluding tert-OH is 1. The number of hydrogen-bond donors (Lipinski definition) is 2. The van der Waals surface area contributed by atoms with Crippen LogP contribution in [0, 0.1) is 0 Å². The third-order valence-electron chi connectivity index (χ3n) is 2.24. The van der Waals surface area contributed by atoms with E-state index in [1.165, 1.54) is 0 Å². The third-order valence-corrected chi connectivity index (χ3v) is 3.76. The van der Waals surface area contributed by atoms with E-state index in [1.54, 1.807) is 4.72 Å². The second-order valence-corrected chi connectivity index (χ2v) is 4.81. The Balaban J connectivity index is 2.72. The van der Waals surface area contributed by atoms with E-state index in [4.69, 9.17) is 5.11 Å². The SMILES string of the molecule is COC(=O)NS(=O)(=O)N1CCC[C@H]1CO. The Morgan fingerprint density at radius 2 is 2.33 bits per heavy atom. The monoisotopic (exact) mass is 238 g/mol. The van der Waals surface area contributed by atoms with Crippen LogP contribution in [0.5, 0.6) is 0 Å². The molecule has 0 radical (unpaired) electrons. The van der Waals surface area contributed by atoms with Crippen molar-refractivity contribution in [3.63, 3.8) is 0 Å². The molecule has 1 aliphatic rings. The Hall–Kier alpha value is -0.860. The molecule has 8 heteroatoms. The number of carbonyl (C=O) groups is 1. The largest absolute Gasteiger partial charge is 0.452 e. The van der Waals surface area contributed by atoms with Crippen molar-refractivity contribution in [2.75, 3.05) is 20.3 Å². The molecule has 15 heavy (non-hydrogen) atoms. The van der Waals surface area contributed by atoms with Crippen LogP contribution in [-0.2, 0) is 14.9 Å². The fourth-order valence-electron chi connectivity index (χ4n) is 1.51. The molecular formula is C7H14N2O5S. The first-order valence-electron chi connectivity index (χ1n) is 4.49. The Morgan fingerprint density at radius 3 is 2.87 bits per heavy atom. The average Bonchev–Trinajstić information content (AvgIpc) is 2.65. The molecule has 1 atom stereocenters. The standard InChI is InChI=1S/C7H14N2O5S/c1-14-7(11)8-15(12,13)9-4-2-3-6(9)5-10/h6,10H,2-5H2,1H3,(H,8,11)/t6-/m0/s1. The number of methoxy groups -OCH3 is 1. The van der Waals surface area contributed by atoms with Gasteiger partial charge in [0.05, 0.1) is 13.7 Å². The molecule has 1 fully saturated rings. The topological polar surface area (TPSA) is 95.9 Å². The maximum atomic E-state index is 11.6. The molecule has 0 unspecified atom stereocenters. The van der Waals surface area contributed by atoms with Gasteiger partial charge in [-0.3, -0.25) is 0 Å². The van der Waals surface area contributed by atoms with E-state index >= 15 is 0 Å². The van der Waals surface area contributed by atoms with E-state index in [0.29, 0.717) is 19.4 Å². The van der Waals surface area contributed by atoms with Gasteiger partial charge >= 0.3 is 16.3 Å². The van der Waals surface area contributed by atoms with Crippen molar-refractivity contribution in [3.05, 3.63) is 0 Å². The molecule has 2 N–H and O–H groups in total. The second-order valence-electron chi connectivity index (χ2n) is 3.19. The van der Waals surface area contributed by atoms with Crippen LogP contribution < -0.4 is 4.72 Å². The van der Waals surface area contributed by atoms with E-state index in [0.717, 1.165) is 11.4 Å². The summed E-state index contributed by atoms with van der Waals surface area (Å²) in [5.74, 6) is 0. The van der Waals surface area contributed by atoms with E-state index in [-0.39, 0.29) is 6.61 Å². The van der Waals surface area contributed by atoms with Gasteiger partial charge in [-0.05, 0) is 12.8 Å². The van der Waals surface area contributed by atoms with Crippen molar-refractivity contribution in [1.29, 1.82) is 0 Å². The Morgan fingerprint density at radius 1 is 1.67 bits per heavy atom. The van der Waals surface area contributed by atoms with Gasteiger partial charge in [0, 0.05) is 12.6 Å². The molecule has 0 aromatic carbocycles. The summed E-state index contributed by atoms with van der Waals surface area (Å²) in [4.78, 5) is 10.8. The molecular weight excluding hydrogens is 224 g/mol. The predicted molar refractivity (Wildman–Crippen MR) is 51.3 cm³/mol. The third kappa shape index (κ3) is 2.80. The maximum Gasteiger partial charge on any atom is 0.421 e. The van der Waals surface area contributed by atoms with Gasteiger partial charge in [-0.1, -0.05) is 0 Å². The number of rotatable bonds is 3. The quantitative estimate of drug-likeness (QED) is 0.660. The summed E-state index contributed by atoms with van der Waals surface area (Å²) in [7, 11) is -2.80. The number of carbonyl (C=O) groups excluding carboxylic acids is 1. The lowest BCUT2D eigenvalue weighted by atomic mass is 10.2. The fourth-order valence-corrected chi connectivity index (χ4v) is 2.86. The van der Waals surface area contributed by atoms with Crippen molar-refractivity contribution in [1.82, 2.24) is 9.03 Å². The van der Waals surface area contributed by atoms with Crippen LogP contribution in [-0.4, -0.2) is 50.2 Å². The van der Waals surface area contributed by atoms with Gasteiger partial charge in [0.25, 0.3) is 0 Å². The van der Waals surface area contributed by atoms with Crippen LogP contribution in [0.4, 0.5) is 4.79 Å². The first kappa shape index (κ1) is 12.2. The Bertz CT molecular complexity index is 328. The molecule has 1 amide bonds. The van der Waals surface area contributed by atoms with Crippen molar-refractivity contribution in [3.8, 4) is 0 Å². The van der Waals surface area contributed by atoms with Gasteiger partial charge in [0.2, 0.25) is 0 Å². The number of ether oxygens (including phenoxy) is 1. The summed E-state index contributed by atoms with van der Waals surface area (Å²) >= 11 is 0. The molecule has 1 aliphatic heterocycles. The predicted octanol–water partition coefficient (Wildman–Crippen LogP) is -0.956. The van der Waals surface area contributed by atoms with Crippen LogP contribution in [0.15, 0.2) is 0 Å². The normalized spacial score (nSPS) is 22.7. The first-order valence-corrected chi connectivity index (χ1v) is 5.93. The number of nitrogens with zero attached hydrogens (tertiary/aromatic N) is 1. The van der Waals surface area contributed by atoms with Crippen LogP contribution in [0.1, 0.15) is 12.8 Å². The summed E-state index contributed by atoms with van der Waals surface area (Å²) in [6.07, 6.45) is 0.241. The average molecular weight is 238 g/mol. The minimum Gasteiger partial charge on any atom is -0.452 e. The summed E-state index contributed by atoms with van der Waals surface area (Å²) in [5.41, 5.74) is 0. The molecule has 1 rings (SSSR count). The fraction of sp³-hybridized carbons (Fsp3) is 0.857. The number of hydrogen-bond acceptors (Lipinski definition) is 5. The first-order chi connectivity index (χ1) is 7.01. The van der Waals surface area contributed by atoms with Crippen molar-refractivity contribution < 1.29 is 23.1 Å². The van der Waals surface area contributed by atoms with Crippen molar-refractivity contribution >= 4 is 16.3 Å². The molecule has 7 nitrogen and oxygen atoms in total. The highest BCUT2D eigenvalue weighted by Crippen LogP contribution is 2.19. The Labute approximate surface area is 88.2 Å².